The lowest BCUT2D eigenvalue weighted by Crippen LogP contribution is -2.44. The number of unbranched alkanes of at least 4 members (excludes halogenated alkanes) is 1. The summed E-state index contributed by atoms with van der Waals surface area (Å²) in [7, 11) is 0. The zero-order valence-electron chi connectivity index (χ0n) is 15.8. The first-order valence-electron chi connectivity index (χ1n) is 9.32. The summed E-state index contributed by atoms with van der Waals surface area (Å²) in [6.07, 6.45) is -0.127. The van der Waals surface area contributed by atoms with Crippen molar-refractivity contribution >= 4 is 11.9 Å². The number of aliphatic hydroxyl groups is 1. The van der Waals surface area contributed by atoms with Gasteiger partial charge in [0.15, 0.2) is 0 Å². The summed E-state index contributed by atoms with van der Waals surface area (Å²) in [5.74, 6) is -3.09. The van der Waals surface area contributed by atoms with Gasteiger partial charge in [0, 0.05) is 0 Å². The van der Waals surface area contributed by atoms with E-state index in [9.17, 15) is 27.9 Å². The molecule has 2 N–H and O–H groups in total. The third-order valence-corrected chi connectivity index (χ3v) is 5.11. The fourth-order valence-corrected chi connectivity index (χ4v) is 3.57. The highest BCUT2D eigenvalue weighted by molar-refractivity contribution is 6.07. The van der Waals surface area contributed by atoms with Crippen LogP contribution in [0.25, 0.3) is 0 Å². The normalized spacial score (nSPS) is 20.1. The van der Waals surface area contributed by atoms with E-state index in [1.807, 2.05) is 6.92 Å². The van der Waals surface area contributed by atoms with Gasteiger partial charge in [0.25, 0.3) is 5.91 Å². The van der Waals surface area contributed by atoms with Gasteiger partial charge in [0.2, 0.25) is 0 Å². The van der Waals surface area contributed by atoms with Crippen molar-refractivity contribution in [3.8, 4) is 0 Å². The highest BCUT2D eigenvalue weighted by atomic mass is 19.1. The van der Waals surface area contributed by atoms with E-state index >= 15 is 0 Å². The maximum atomic E-state index is 14.0. The van der Waals surface area contributed by atoms with E-state index in [0.29, 0.717) is 12.0 Å². The van der Waals surface area contributed by atoms with Crippen molar-refractivity contribution in [3.63, 3.8) is 0 Å². The smallest absolute Gasteiger partial charge is 0.325 e. The maximum absolute atomic E-state index is 14.0. The van der Waals surface area contributed by atoms with Crippen LogP contribution >= 0.6 is 0 Å². The van der Waals surface area contributed by atoms with Gasteiger partial charge in [-0.25, -0.2) is 18.0 Å². The lowest BCUT2D eigenvalue weighted by molar-refractivity contribution is -0.133. The quantitative estimate of drug-likeness (QED) is 0.688. The number of carbonyl (C=O) groups is 2. The predicted molar refractivity (Wildman–Crippen MR) is 99.2 cm³/mol. The second-order valence-corrected chi connectivity index (χ2v) is 7.01. The lowest BCUT2D eigenvalue weighted by Gasteiger charge is -2.27. The molecule has 0 spiro atoms. The molecule has 154 valence electrons. The maximum Gasteiger partial charge on any atom is 0.325 e. The van der Waals surface area contributed by atoms with Gasteiger partial charge < -0.3 is 10.4 Å². The Morgan fingerprint density at radius 2 is 1.69 bits per heavy atom. The molecule has 5 nitrogen and oxygen atoms in total. The molecular formula is C21H21F3N2O3. The minimum atomic E-state index is -1.74. The van der Waals surface area contributed by atoms with E-state index in [-0.39, 0.29) is 6.42 Å². The Kier molecular flexibility index (Phi) is 5.93. The van der Waals surface area contributed by atoms with Crippen LogP contribution in [0.5, 0.6) is 0 Å². The van der Waals surface area contributed by atoms with E-state index in [1.165, 1.54) is 24.3 Å². The molecule has 3 rings (SSSR count). The molecule has 3 amide bonds. The van der Waals surface area contributed by atoms with E-state index in [4.69, 9.17) is 0 Å². The van der Waals surface area contributed by atoms with Gasteiger partial charge in [0.1, 0.15) is 29.1 Å². The number of urea groups is 1. The molecule has 1 fully saturated rings. The van der Waals surface area contributed by atoms with Crippen molar-refractivity contribution in [1.82, 2.24) is 10.2 Å². The van der Waals surface area contributed by atoms with E-state index in [1.54, 1.807) is 0 Å². The first-order valence-corrected chi connectivity index (χ1v) is 9.32. The van der Waals surface area contributed by atoms with Gasteiger partial charge >= 0.3 is 6.03 Å². The molecule has 0 aliphatic carbocycles. The SMILES string of the molecule is CCCCC1(c2ccc(F)cc2)NC(=O)N(CC(O)c2c(F)cccc2F)C1=O. The number of amides is 3. The highest BCUT2D eigenvalue weighted by Crippen LogP contribution is 2.35. The van der Waals surface area contributed by atoms with Crippen LogP contribution in [0.1, 0.15) is 43.4 Å². The number of nitrogens with zero attached hydrogens (tertiary/aromatic N) is 1. The summed E-state index contributed by atoms with van der Waals surface area (Å²) in [6.45, 7) is 1.31. The second kappa shape index (κ2) is 8.24. The van der Waals surface area contributed by atoms with Crippen molar-refractivity contribution in [3.05, 3.63) is 71.0 Å². The topological polar surface area (TPSA) is 69.6 Å². The molecule has 2 unspecified atom stereocenters. The standard InChI is InChI=1S/C21H21F3N2O3/c1-2-3-11-21(13-7-9-14(22)10-8-13)19(28)26(20(29)25-21)12-17(27)18-15(23)5-4-6-16(18)24/h4-10,17,27H,2-3,11-12H2,1H3,(H,25,29). The van der Waals surface area contributed by atoms with E-state index in [0.717, 1.165) is 29.5 Å². The van der Waals surface area contributed by atoms with Gasteiger partial charge in [-0.1, -0.05) is 38.0 Å². The molecule has 29 heavy (non-hydrogen) atoms. The number of halogens is 3. The zero-order chi connectivity index (χ0) is 21.2. The van der Waals surface area contributed by atoms with Crippen LogP contribution in [0.15, 0.2) is 42.5 Å². The van der Waals surface area contributed by atoms with Gasteiger partial charge in [0.05, 0.1) is 12.1 Å². The molecular weight excluding hydrogens is 385 g/mol. The zero-order valence-corrected chi connectivity index (χ0v) is 15.8. The van der Waals surface area contributed by atoms with Crippen LogP contribution in [-0.4, -0.2) is 28.5 Å². The lowest BCUT2D eigenvalue weighted by atomic mass is 9.84. The van der Waals surface area contributed by atoms with Crippen LogP contribution in [-0.2, 0) is 10.3 Å². The third kappa shape index (κ3) is 3.85. The molecule has 2 atom stereocenters. The second-order valence-electron chi connectivity index (χ2n) is 7.01. The minimum absolute atomic E-state index is 0.264. The number of benzene rings is 2. The molecule has 1 heterocycles. The van der Waals surface area contributed by atoms with Gasteiger partial charge in [-0.3, -0.25) is 9.69 Å². The molecule has 0 radical (unpaired) electrons. The largest absolute Gasteiger partial charge is 0.386 e. The summed E-state index contributed by atoms with van der Waals surface area (Å²) in [4.78, 5) is 26.5. The number of nitrogens with one attached hydrogen (secondary N) is 1. The number of hydrogen-bond acceptors (Lipinski definition) is 3. The Morgan fingerprint density at radius 1 is 1.07 bits per heavy atom. The number of imide groups is 1. The molecule has 1 aliphatic heterocycles. The summed E-state index contributed by atoms with van der Waals surface area (Å²) in [6, 6.07) is 7.54. The Balaban J connectivity index is 1.92. The van der Waals surface area contributed by atoms with Crippen LogP contribution in [0, 0.1) is 17.5 Å². The van der Waals surface area contributed by atoms with Crippen LogP contribution in [0.2, 0.25) is 0 Å². The molecule has 8 heteroatoms. The van der Waals surface area contributed by atoms with Crippen molar-refractivity contribution in [2.24, 2.45) is 0 Å². The molecule has 1 aliphatic rings. The molecule has 0 aromatic heterocycles. The summed E-state index contributed by atoms with van der Waals surface area (Å²) in [5.41, 5.74) is -1.63. The molecule has 2 aromatic carbocycles. The van der Waals surface area contributed by atoms with Gasteiger partial charge in [-0.2, -0.15) is 0 Å². The average molecular weight is 406 g/mol. The van der Waals surface area contributed by atoms with E-state index in [2.05, 4.69) is 5.32 Å². The molecule has 0 saturated carbocycles. The van der Waals surface area contributed by atoms with E-state index < -0.39 is 53.1 Å². The average Bonchev–Trinajstić information content (AvgIpc) is 2.92. The Bertz CT molecular complexity index is 900. The molecule has 0 bridgehead atoms. The van der Waals surface area contributed by atoms with Crippen molar-refractivity contribution in [2.45, 2.75) is 37.8 Å². The monoisotopic (exact) mass is 406 g/mol. The number of β-amino-alcohol motifs (C(OH)–C–C–N with tert-alkyl or cyclic N) is 1. The van der Waals surface area contributed by atoms with Crippen molar-refractivity contribution in [2.75, 3.05) is 6.54 Å². The number of carbonyl (C=O) groups excluding carboxylic acids is 2. The fraction of sp³-hybridized carbons (Fsp3) is 0.333. The minimum Gasteiger partial charge on any atom is -0.386 e. The molecule has 2 aromatic rings. The van der Waals surface area contributed by atoms with Crippen molar-refractivity contribution in [1.29, 1.82) is 0 Å². The van der Waals surface area contributed by atoms with Crippen LogP contribution < -0.4 is 5.32 Å². The van der Waals surface area contributed by atoms with Gasteiger partial charge in [-0.05, 0) is 36.2 Å². The Labute approximate surface area is 166 Å². The number of hydrogen-bond donors (Lipinski definition) is 2. The molecule has 1 saturated heterocycles. The Hall–Kier alpha value is -2.87. The highest BCUT2D eigenvalue weighted by Gasteiger charge is 2.52. The summed E-state index contributed by atoms with van der Waals surface area (Å²) < 4.78 is 41.3. The third-order valence-electron chi connectivity index (χ3n) is 5.11. The Morgan fingerprint density at radius 3 is 2.28 bits per heavy atom. The van der Waals surface area contributed by atoms with Crippen LogP contribution in [0.4, 0.5) is 18.0 Å². The first-order chi connectivity index (χ1) is 13.8. The van der Waals surface area contributed by atoms with Crippen molar-refractivity contribution < 1.29 is 27.9 Å². The summed E-state index contributed by atoms with van der Waals surface area (Å²) >= 11 is 0. The van der Waals surface area contributed by atoms with Gasteiger partial charge in [-0.15, -0.1) is 0 Å². The fourth-order valence-electron chi connectivity index (χ4n) is 3.57. The number of aliphatic hydroxyl groups excluding tert-OH is 1. The number of rotatable bonds is 7. The first kappa shape index (κ1) is 20.9. The predicted octanol–water partition coefficient (Wildman–Crippen LogP) is 3.77. The summed E-state index contributed by atoms with van der Waals surface area (Å²) in [5, 5.41) is 13.0. The van der Waals surface area contributed by atoms with Crippen LogP contribution in [0.3, 0.4) is 0 Å².